The van der Waals surface area contributed by atoms with Gasteiger partial charge in [-0.3, -0.25) is 0 Å². The first-order valence-corrected chi connectivity index (χ1v) is 8.13. The molecule has 0 radical (unpaired) electrons. The smallest absolute Gasteiger partial charge is 0.0951 e. The van der Waals surface area contributed by atoms with Gasteiger partial charge in [-0.1, -0.05) is 25.0 Å². The van der Waals surface area contributed by atoms with Crippen LogP contribution in [0.15, 0.2) is 83.0 Å². The quantitative estimate of drug-likeness (QED) is 0.461. The second-order valence-electron chi connectivity index (χ2n) is 5.52. The van der Waals surface area contributed by atoms with Crippen molar-refractivity contribution in [2.45, 2.75) is 25.7 Å². The van der Waals surface area contributed by atoms with Crippen LogP contribution in [0.5, 0.6) is 0 Å². The monoisotopic (exact) mass is 326 g/mol. The maximum Gasteiger partial charge on any atom is 0.0951 e. The fraction of sp³-hybridized carbons (Fsp3) is 0.333. The van der Waals surface area contributed by atoms with Crippen LogP contribution >= 0.6 is 0 Å². The van der Waals surface area contributed by atoms with E-state index in [1.807, 2.05) is 58.7 Å². The van der Waals surface area contributed by atoms with Gasteiger partial charge in [0.1, 0.15) is 0 Å². The normalized spacial score (nSPS) is 19.5. The van der Waals surface area contributed by atoms with Gasteiger partial charge in [0.05, 0.1) is 23.8 Å². The van der Waals surface area contributed by atoms with Gasteiger partial charge < -0.3 is 9.80 Å². The largest absolute Gasteiger partial charge is 0.347 e. The van der Waals surface area contributed by atoms with Gasteiger partial charge in [0.2, 0.25) is 0 Å². The lowest BCUT2D eigenvalue weighted by atomic mass is 10.1. The van der Waals surface area contributed by atoms with Gasteiger partial charge >= 0.3 is 0 Å². The van der Waals surface area contributed by atoms with Crippen LogP contribution in [-0.2, 0) is 0 Å². The molecule has 24 heavy (non-hydrogen) atoms. The van der Waals surface area contributed by atoms with E-state index in [0.29, 0.717) is 0 Å². The van der Waals surface area contributed by atoms with E-state index >= 15 is 0 Å². The van der Waals surface area contributed by atoms with Gasteiger partial charge in [-0.05, 0) is 47.5 Å². The zero-order valence-electron chi connectivity index (χ0n) is 13.6. The minimum Gasteiger partial charge on any atom is -0.347 e. The minimum absolute atomic E-state index is 0.828. The molecule has 0 unspecified atom stereocenters. The number of rotatable bonds is 9. The van der Waals surface area contributed by atoms with Crippen LogP contribution in [0.2, 0.25) is 0 Å². The highest BCUT2D eigenvalue weighted by Gasteiger charge is 2.08. The van der Waals surface area contributed by atoms with Crippen LogP contribution in [0.1, 0.15) is 25.7 Å². The molecule has 0 aromatic rings. The van der Waals surface area contributed by atoms with Crippen LogP contribution in [-0.4, -0.2) is 22.9 Å². The third-order valence-electron chi connectivity index (χ3n) is 3.87. The van der Waals surface area contributed by atoms with Gasteiger partial charge in [0.25, 0.3) is 0 Å². The summed E-state index contributed by atoms with van der Waals surface area (Å²) in [4.78, 5) is 24.9. The Morgan fingerprint density at radius 2 is 1.17 bits per heavy atom. The summed E-state index contributed by atoms with van der Waals surface area (Å²) in [6, 6.07) is 0. The minimum atomic E-state index is 0.828. The van der Waals surface area contributed by atoms with E-state index in [4.69, 9.17) is 0 Å². The van der Waals surface area contributed by atoms with E-state index in [1.54, 1.807) is 0 Å². The molecular formula is C18H22N4O2. The molecule has 0 bridgehead atoms. The fourth-order valence-electron chi connectivity index (χ4n) is 2.65. The van der Waals surface area contributed by atoms with Crippen molar-refractivity contribution in [3.8, 4) is 0 Å². The third kappa shape index (κ3) is 5.46. The molecule has 2 aliphatic heterocycles. The number of hydrogen-bond acceptors (Lipinski definition) is 6. The molecule has 2 rings (SSSR count). The summed E-state index contributed by atoms with van der Waals surface area (Å²) in [6.45, 7) is 1.74. The molecule has 0 aliphatic carbocycles. The van der Waals surface area contributed by atoms with Gasteiger partial charge in [0.15, 0.2) is 0 Å². The van der Waals surface area contributed by atoms with E-state index in [0.717, 1.165) is 50.2 Å². The number of hydrogen-bond donors (Lipinski definition) is 0. The van der Waals surface area contributed by atoms with Crippen molar-refractivity contribution in [2.24, 2.45) is 10.4 Å². The molecule has 6 heteroatoms. The molecule has 0 saturated heterocycles. The first-order chi connectivity index (χ1) is 11.8. The van der Waals surface area contributed by atoms with Gasteiger partial charge in [-0.25, -0.2) is 0 Å². The predicted octanol–water partition coefficient (Wildman–Crippen LogP) is 4.53. The summed E-state index contributed by atoms with van der Waals surface area (Å²) >= 11 is 0. The summed E-state index contributed by atoms with van der Waals surface area (Å²) < 4.78 is 0. The molecule has 0 atom stereocenters. The SMILES string of the molecule is O=NC=C1C=CC=CN1CCCCCCN1C=CC=CC1=CN=O. The van der Waals surface area contributed by atoms with Crippen LogP contribution in [0, 0.1) is 9.81 Å². The van der Waals surface area contributed by atoms with Crippen molar-refractivity contribution in [3.05, 3.63) is 82.5 Å². The molecular weight excluding hydrogens is 304 g/mol. The van der Waals surface area contributed by atoms with Gasteiger partial charge in [-0.2, -0.15) is 0 Å². The summed E-state index contributed by atoms with van der Waals surface area (Å²) in [5.41, 5.74) is 1.66. The van der Waals surface area contributed by atoms with E-state index < -0.39 is 0 Å². The number of nitrogens with zero attached hydrogens (tertiary/aromatic N) is 4. The Hall–Kier alpha value is -2.76. The second kappa shape index (κ2) is 10.1. The van der Waals surface area contributed by atoms with E-state index in [-0.39, 0.29) is 0 Å². The Morgan fingerprint density at radius 1 is 0.708 bits per heavy atom. The molecule has 0 fully saturated rings. The second-order valence-corrected chi connectivity index (χ2v) is 5.52. The molecule has 0 aromatic heterocycles. The first kappa shape index (κ1) is 17.6. The molecule has 2 heterocycles. The van der Waals surface area contributed by atoms with Crippen molar-refractivity contribution >= 4 is 0 Å². The van der Waals surface area contributed by atoms with E-state index in [9.17, 15) is 9.81 Å². The lowest BCUT2D eigenvalue weighted by Gasteiger charge is -2.23. The lowest BCUT2D eigenvalue weighted by molar-refractivity contribution is 0.420. The summed E-state index contributed by atoms with van der Waals surface area (Å²) in [7, 11) is 0. The van der Waals surface area contributed by atoms with Crippen molar-refractivity contribution in [1.82, 2.24) is 9.80 Å². The zero-order valence-corrected chi connectivity index (χ0v) is 13.6. The average molecular weight is 326 g/mol. The molecule has 2 aliphatic rings. The topological polar surface area (TPSA) is 65.3 Å². The summed E-state index contributed by atoms with van der Waals surface area (Å²) in [5.74, 6) is 0. The standard InChI is InChI=1S/C18H22N4O2/c23-19-15-17-9-3-7-13-21(17)11-5-1-2-6-12-22-14-8-4-10-18(22)16-20-24/h3-4,7-10,13-16H,1-2,5-6,11-12H2. The predicted molar refractivity (Wildman–Crippen MR) is 96.2 cm³/mol. The van der Waals surface area contributed by atoms with Gasteiger partial charge in [0, 0.05) is 25.5 Å². The molecule has 0 aromatic carbocycles. The first-order valence-electron chi connectivity index (χ1n) is 8.13. The lowest BCUT2D eigenvalue weighted by Crippen LogP contribution is -2.19. The average Bonchev–Trinajstić information content (AvgIpc) is 2.61. The van der Waals surface area contributed by atoms with Gasteiger partial charge in [-0.15, -0.1) is 9.81 Å². The Balaban J connectivity index is 1.65. The Morgan fingerprint density at radius 3 is 1.58 bits per heavy atom. The van der Waals surface area contributed by atoms with E-state index in [1.165, 1.54) is 12.4 Å². The highest BCUT2D eigenvalue weighted by atomic mass is 16.3. The third-order valence-corrected chi connectivity index (χ3v) is 3.87. The Kier molecular flexibility index (Phi) is 7.40. The number of unbranched alkanes of at least 4 members (excludes halogenated alkanes) is 3. The molecule has 0 spiro atoms. The number of nitroso groups, excluding NO2 is 2. The highest BCUT2D eigenvalue weighted by molar-refractivity contribution is 5.28. The van der Waals surface area contributed by atoms with Crippen LogP contribution in [0.3, 0.4) is 0 Å². The van der Waals surface area contributed by atoms with Crippen LogP contribution < -0.4 is 0 Å². The summed E-state index contributed by atoms with van der Waals surface area (Å²) in [6.07, 6.45) is 22.4. The van der Waals surface area contributed by atoms with Crippen LogP contribution in [0.4, 0.5) is 0 Å². The zero-order chi connectivity index (χ0) is 17.0. The van der Waals surface area contributed by atoms with Crippen molar-refractivity contribution < 1.29 is 0 Å². The highest BCUT2D eigenvalue weighted by Crippen LogP contribution is 2.16. The van der Waals surface area contributed by atoms with E-state index in [2.05, 4.69) is 10.4 Å². The maximum absolute atomic E-state index is 10.4. The van der Waals surface area contributed by atoms with Crippen LogP contribution in [0.25, 0.3) is 0 Å². The van der Waals surface area contributed by atoms with Crippen molar-refractivity contribution in [3.63, 3.8) is 0 Å². The molecule has 0 N–H and O–H groups in total. The Labute approximate surface area is 142 Å². The fourth-order valence-corrected chi connectivity index (χ4v) is 2.65. The molecule has 0 saturated carbocycles. The Bertz CT molecular complexity index is 561. The number of allylic oxidation sites excluding steroid dienone is 6. The molecule has 0 amide bonds. The molecule has 126 valence electrons. The van der Waals surface area contributed by atoms with Crippen molar-refractivity contribution in [2.75, 3.05) is 13.1 Å². The van der Waals surface area contributed by atoms with Crippen molar-refractivity contribution in [1.29, 1.82) is 0 Å². The molecule has 6 nitrogen and oxygen atoms in total. The maximum atomic E-state index is 10.4. The summed E-state index contributed by atoms with van der Waals surface area (Å²) in [5, 5.41) is 5.70.